The Morgan fingerprint density at radius 1 is 1.00 bits per heavy atom. The second-order valence-electron chi connectivity index (χ2n) is 10.5. The van der Waals surface area contributed by atoms with Crippen molar-refractivity contribution in [1.29, 1.82) is 5.26 Å². The second kappa shape index (κ2) is 12.1. The molecule has 2 heterocycles. The highest BCUT2D eigenvalue weighted by molar-refractivity contribution is 6.02. The van der Waals surface area contributed by atoms with Gasteiger partial charge in [0, 0.05) is 55.2 Å². The Hall–Kier alpha value is -4.65. The molecule has 0 saturated carbocycles. The summed E-state index contributed by atoms with van der Waals surface area (Å²) < 4.78 is 45.8. The number of fused-ring (bicyclic) bond motifs is 1. The van der Waals surface area contributed by atoms with Crippen LogP contribution in [0.15, 0.2) is 66.9 Å². The molecule has 0 aliphatic carbocycles. The number of rotatable bonds is 8. The number of amides is 1. The SMILES string of the molecule is Cc1c(C(=O)CCC#N)ccc2nn(CC3CCN(C(=O)c4ccc(Oc5ccc(C(F)(F)F)cc5)cc4)CC3)cc12. The molecule has 0 radical (unpaired) electrons. The van der Waals surface area contributed by atoms with Gasteiger partial charge in [-0.25, -0.2) is 0 Å². The van der Waals surface area contributed by atoms with Gasteiger partial charge in [-0.3, -0.25) is 14.3 Å². The minimum atomic E-state index is -4.41. The summed E-state index contributed by atoms with van der Waals surface area (Å²) in [5.74, 6) is 0.921. The topological polar surface area (TPSA) is 88.2 Å². The highest BCUT2D eigenvalue weighted by Crippen LogP contribution is 2.32. The van der Waals surface area contributed by atoms with E-state index in [0.29, 0.717) is 42.4 Å². The molecule has 1 aromatic heterocycles. The Morgan fingerprint density at radius 2 is 1.64 bits per heavy atom. The molecule has 0 N–H and O–H groups in total. The molecule has 1 aliphatic rings. The van der Waals surface area contributed by atoms with Crippen molar-refractivity contribution in [3.05, 3.63) is 89.1 Å². The summed E-state index contributed by atoms with van der Waals surface area (Å²) in [6, 6.07) is 16.7. The molecule has 0 unspecified atom stereocenters. The number of hydrogen-bond acceptors (Lipinski definition) is 5. The van der Waals surface area contributed by atoms with Crippen LogP contribution in [-0.2, 0) is 12.7 Å². The van der Waals surface area contributed by atoms with Crippen molar-refractivity contribution in [2.45, 2.75) is 45.3 Å². The van der Waals surface area contributed by atoms with Crippen LogP contribution in [0.5, 0.6) is 11.5 Å². The van der Waals surface area contributed by atoms with Gasteiger partial charge in [-0.05, 0) is 91.9 Å². The number of aromatic nitrogens is 2. The second-order valence-corrected chi connectivity index (χ2v) is 10.5. The average molecular weight is 575 g/mol. The van der Waals surface area contributed by atoms with Crippen molar-refractivity contribution in [3.63, 3.8) is 0 Å². The maximum absolute atomic E-state index is 13.1. The van der Waals surface area contributed by atoms with E-state index in [1.165, 1.54) is 12.1 Å². The highest BCUT2D eigenvalue weighted by atomic mass is 19.4. The van der Waals surface area contributed by atoms with Crippen molar-refractivity contribution in [3.8, 4) is 17.6 Å². The summed E-state index contributed by atoms with van der Waals surface area (Å²) in [4.78, 5) is 27.4. The van der Waals surface area contributed by atoms with Crippen LogP contribution in [0.4, 0.5) is 13.2 Å². The lowest BCUT2D eigenvalue weighted by Gasteiger charge is -2.32. The first-order valence-electron chi connectivity index (χ1n) is 13.7. The minimum Gasteiger partial charge on any atom is -0.457 e. The van der Waals surface area contributed by atoms with E-state index in [1.54, 1.807) is 30.3 Å². The van der Waals surface area contributed by atoms with Crippen LogP contribution in [0.1, 0.15) is 57.5 Å². The number of nitrogens with zero attached hydrogens (tertiary/aromatic N) is 4. The largest absolute Gasteiger partial charge is 0.457 e. The van der Waals surface area contributed by atoms with Gasteiger partial charge in [0.1, 0.15) is 11.5 Å². The molecule has 216 valence electrons. The number of Topliss-reactive ketones (excluding diaryl/α,β-unsaturated/α-hetero) is 1. The normalized spacial score (nSPS) is 14.1. The lowest BCUT2D eigenvalue weighted by atomic mass is 9.96. The molecule has 0 bridgehead atoms. The van der Waals surface area contributed by atoms with Crippen molar-refractivity contribution in [1.82, 2.24) is 14.7 Å². The number of likely N-dealkylation sites (tertiary alicyclic amines) is 1. The molecule has 42 heavy (non-hydrogen) atoms. The number of halogens is 3. The monoisotopic (exact) mass is 574 g/mol. The molecule has 0 spiro atoms. The molecule has 0 atom stereocenters. The van der Waals surface area contributed by atoms with Crippen LogP contribution in [0.3, 0.4) is 0 Å². The van der Waals surface area contributed by atoms with E-state index in [0.717, 1.165) is 41.4 Å². The van der Waals surface area contributed by atoms with Crippen molar-refractivity contribution in [2.24, 2.45) is 5.92 Å². The van der Waals surface area contributed by atoms with Crippen molar-refractivity contribution in [2.75, 3.05) is 13.1 Å². The number of carbonyl (C=O) groups is 2. The first kappa shape index (κ1) is 28.9. The number of hydrogen-bond donors (Lipinski definition) is 0. The number of benzene rings is 3. The number of nitriles is 1. The van der Waals surface area contributed by atoms with Crippen LogP contribution in [0.2, 0.25) is 0 Å². The van der Waals surface area contributed by atoms with E-state index in [2.05, 4.69) is 0 Å². The zero-order valence-electron chi connectivity index (χ0n) is 23.0. The Labute approximate surface area is 241 Å². The molecule has 1 amide bonds. The lowest BCUT2D eigenvalue weighted by Crippen LogP contribution is -2.39. The summed E-state index contributed by atoms with van der Waals surface area (Å²) >= 11 is 0. The third-order valence-electron chi connectivity index (χ3n) is 7.64. The number of alkyl halides is 3. The van der Waals surface area contributed by atoms with E-state index in [4.69, 9.17) is 15.1 Å². The van der Waals surface area contributed by atoms with Gasteiger partial charge in [0.25, 0.3) is 5.91 Å². The van der Waals surface area contributed by atoms with Gasteiger partial charge in [0.05, 0.1) is 17.1 Å². The molecule has 4 aromatic rings. The molecule has 5 rings (SSSR count). The summed E-state index contributed by atoms with van der Waals surface area (Å²) in [5, 5.41) is 14.4. The fourth-order valence-corrected chi connectivity index (χ4v) is 5.26. The summed E-state index contributed by atoms with van der Waals surface area (Å²) in [5.41, 5.74) is 2.09. The minimum absolute atomic E-state index is 0.0398. The summed E-state index contributed by atoms with van der Waals surface area (Å²) in [6.45, 7) is 3.85. The lowest BCUT2D eigenvalue weighted by molar-refractivity contribution is -0.137. The van der Waals surface area contributed by atoms with Gasteiger partial charge < -0.3 is 9.64 Å². The van der Waals surface area contributed by atoms with Crippen LogP contribution in [0.25, 0.3) is 10.9 Å². The number of ether oxygens (including phenoxy) is 1. The zero-order valence-corrected chi connectivity index (χ0v) is 23.0. The molecule has 1 aliphatic heterocycles. The predicted octanol–water partition coefficient (Wildman–Crippen LogP) is 7.19. The third-order valence-corrected chi connectivity index (χ3v) is 7.64. The smallest absolute Gasteiger partial charge is 0.416 e. The standard InChI is InChI=1S/C32H29F3N4O3/c1-21-27(30(40)3-2-16-36)12-13-29-28(21)20-39(37-29)19-22-14-17-38(18-15-22)31(41)23-4-8-25(9-5-23)42-26-10-6-24(7-11-26)32(33,34)35/h4-13,20,22H,2-3,14-15,17-19H2,1H3. The van der Waals surface area contributed by atoms with E-state index >= 15 is 0 Å². The fraction of sp³-hybridized carbons (Fsp3) is 0.312. The van der Waals surface area contributed by atoms with Gasteiger partial charge in [-0.2, -0.15) is 23.5 Å². The first-order valence-corrected chi connectivity index (χ1v) is 13.7. The molecular formula is C32H29F3N4O3. The summed E-state index contributed by atoms with van der Waals surface area (Å²) in [6.07, 6.45) is -0.383. The molecular weight excluding hydrogens is 545 g/mol. The number of aryl methyl sites for hydroxylation is 1. The van der Waals surface area contributed by atoms with Gasteiger partial charge in [-0.15, -0.1) is 0 Å². The van der Waals surface area contributed by atoms with E-state index in [-0.39, 0.29) is 30.3 Å². The van der Waals surface area contributed by atoms with Gasteiger partial charge in [0.2, 0.25) is 0 Å². The molecule has 1 fully saturated rings. The summed E-state index contributed by atoms with van der Waals surface area (Å²) in [7, 11) is 0. The number of piperidine rings is 1. The van der Waals surface area contributed by atoms with E-state index in [1.807, 2.05) is 34.8 Å². The van der Waals surface area contributed by atoms with Gasteiger partial charge >= 0.3 is 6.18 Å². The molecule has 7 nitrogen and oxygen atoms in total. The number of ketones is 1. The van der Waals surface area contributed by atoms with Crippen LogP contribution in [0, 0.1) is 24.2 Å². The fourth-order valence-electron chi connectivity index (χ4n) is 5.26. The Morgan fingerprint density at radius 3 is 2.26 bits per heavy atom. The van der Waals surface area contributed by atoms with Crippen molar-refractivity contribution >= 4 is 22.6 Å². The molecule has 1 saturated heterocycles. The van der Waals surface area contributed by atoms with Crippen molar-refractivity contribution < 1.29 is 27.5 Å². The first-order chi connectivity index (χ1) is 20.1. The Kier molecular flexibility index (Phi) is 8.29. The van der Waals surface area contributed by atoms with Crippen LogP contribution in [-0.4, -0.2) is 39.5 Å². The molecule has 3 aromatic carbocycles. The Bertz CT molecular complexity index is 1630. The maximum Gasteiger partial charge on any atom is 0.416 e. The average Bonchev–Trinajstić information content (AvgIpc) is 3.40. The zero-order chi connectivity index (χ0) is 29.9. The molecule has 10 heteroatoms. The van der Waals surface area contributed by atoms with E-state index < -0.39 is 11.7 Å². The van der Waals surface area contributed by atoms with Crippen LogP contribution >= 0.6 is 0 Å². The van der Waals surface area contributed by atoms with E-state index in [9.17, 15) is 22.8 Å². The quantitative estimate of drug-likeness (QED) is 0.208. The highest BCUT2D eigenvalue weighted by Gasteiger charge is 2.30. The maximum atomic E-state index is 13.1. The van der Waals surface area contributed by atoms with Gasteiger partial charge in [0.15, 0.2) is 5.78 Å². The van der Waals surface area contributed by atoms with Crippen LogP contribution < -0.4 is 4.74 Å². The van der Waals surface area contributed by atoms with Gasteiger partial charge in [-0.1, -0.05) is 0 Å². The number of carbonyl (C=O) groups excluding carboxylic acids is 2. The Balaban J connectivity index is 1.15. The third kappa shape index (κ3) is 6.46. The predicted molar refractivity (Wildman–Crippen MR) is 150 cm³/mol.